The third-order valence-corrected chi connectivity index (χ3v) is 10.8. The van der Waals surface area contributed by atoms with E-state index in [4.69, 9.17) is 4.74 Å². The third-order valence-electron chi connectivity index (χ3n) is 10.8. The first-order valence-electron chi connectivity index (χ1n) is 18.0. The molecule has 1 nitrogen and oxygen atoms in total. The topological polar surface area (TPSA) is 9.23 Å². The van der Waals surface area contributed by atoms with E-state index in [9.17, 15) is 8.78 Å². The molecule has 0 spiro atoms. The fourth-order valence-electron chi connectivity index (χ4n) is 7.96. The number of ether oxygens (including phenoxy) is 1. The van der Waals surface area contributed by atoms with Gasteiger partial charge in [-0.3, -0.25) is 0 Å². The number of rotatable bonds is 14. The van der Waals surface area contributed by atoms with E-state index in [0.717, 1.165) is 60.1 Å². The standard InChI is InChI=1S/C41H53F3O/c1-3-5-7-8-9-10-29-11-13-30(14-12-29)31-15-19-33(20-16-31)36-24-23-35(28-38(36)42)32-17-21-34(22-18-32)37-25-26-39(41(44)40(37)43)45-27-6-4-2/h17-18,21-26,28-31,33H,3-16,19-20,27H2,1-2H3. The van der Waals surface area contributed by atoms with Crippen molar-refractivity contribution in [3.05, 3.63) is 77.6 Å². The van der Waals surface area contributed by atoms with Crippen molar-refractivity contribution in [3.8, 4) is 28.0 Å². The Labute approximate surface area is 270 Å². The van der Waals surface area contributed by atoms with Crippen molar-refractivity contribution in [3.63, 3.8) is 0 Å². The van der Waals surface area contributed by atoms with E-state index in [1.807, 2.05) is 31.2 Å². The number of hydrogen-bond donors (Lipinski definition) is 0. The molecule has 45 heavy (non-hydrogen) atoms. The molecule has 244 valence electrons. The fraction of sp³-hybridized carbons (Fsp3) is 0.561. The molecule has 5 rings (SSSR count). The smallest absolute Gasteiger partial charge is 0.201 e. The van der Waals surface area contributed by atoms with Crippen LogP contribution in [-0.2, 0) is 0 Å². The van der Waals surface area contributed by atoms with Crippen LogP contribution in [0.15, 0.2) is 54.6 Å². The monoisotopic (exact) mass is 618 g/mol. The fourth-order valence-corrected chi connectivity index (χ4v) is 7.96. The molecule has 0 N–H and O–H groups in total. The molecule has 0 saturated heterocycles. The molecule has 0 amide bonds. The molecule has 0 heterocycles. The molecule has 3 aromatic carbocycles. The summed E-state index contributed by atoms with van der Waals surface area (Å²) in [6.45, 7) is 4.66. The molecule has 0 aromatic heterocycles. The van der Waals surface area contributed by atoms with E-state index in [0.29, 0.717) is 18.1 Å². The zero-order valence-corrected chi connectivity index (χ0v) is 27.6. The minimum absolute atomic E-state index is 0.0590. The van der Waals surface area contributed by atoms with Gasteiger partial charge in [0.25, 0.3) is 0 Å². The number of halogens is 3. The van der Waals surface area contributed by atoms with Crippen molar-refractivity contribution in [2.24, 2.45) is 17.8 Å². The summed E-state index contributed by atoms with van der Waals surface area (Å²) in [5, 5.41) is 0. The Hall–Kier alpha value is -2.75. The Morgan fingerprint density at radius 1 is 0.600 bits per heavy atom. The van der Waals surface area contributed by atoms with Crippen LogP contribution in [0.3, 0.4) is 0 Å². The van der Waals surface area contributed by atoms with Crippen molar-refractivity contribution in [1.29, 1.82) is 0 Å². The lowest BCUT2D eigenvalue weighted by Crippen LogP contribution is -2.25. The molecule has 0 aliphatic heterocycles. The number of hydrogen-bond acceptors (Lipinski definition) is 1. The van der Waals surface area contributed by atoms with Gasteiger partial charge in [0.1, 0.15) is 5.82 Å². The molecule has 4 heteroatoms. The van der Waals surface area contributed by atoms with Crippen LogP contribution in [-0.4, -0.2) is 6.61 Å². The second-order valence-electron chi connectivity index (χ2n) is 13.9. The lowest BCUT2D eigenvalue weighted by atomic mass is 9.68. The highest BCUT2D eigenvalue weighted by Gasteiger charge is 2.32. The molecule has 2 aliphatic carbocycles. The van der Waals surface area contributed by atoms with E-state index in [2.05, 4.69) is 6.92 Å². The normalized spacial score (nSPS) is 22.0. The quantitative estimate of drug-likeness (QED) is 0.163. The maximum absolute atomic E-state index is 15.5. The van der Waals surface area contributed by atoms with Gasteiger partial charge in [0.05, 0.1) is 6.61 Å². The highest BCUT2D eigenvalue weighted by molar-refractivity contribution is 5.71. The maximum atomic E-state index is 15.5. The van der Waals surface area contributed by atoms with Gasteiger partial charge in [-0.15, -0.1) is 0 Å². The minimum Gasteiger partial charge on any atom is -0.490 e. The lowest BCUT2D eigenvalue weighted by Gasteiger charge is -2.38. The zero-order chi connectivity index (χ0) is 31.6. The van der Waals surface area contributed by atoms with Gasteiger partial charge < -0.3 is 4.74 Å². The number of benzene rings is 3. The van der Waals surface area contributed by atoms with E-state index < -0.39 is 11.6 Å². The Morgan fingerprint density at radius 2 is 1.22 bits per heavy atom. The van der Waals surface area contributed by atoms with E-state index in [-0.39, 0.29) is 17.1 Å². The van der Waals surface area contributed by atoms with Crippen LogP contribution >= 0.6 is 0 Å². The van der Waals surface area contributed by atoms with Crippen LogP contribution in [0.1, 0.15) is 128 Å². The van der Waals surface area contributed by atoms with Crippen molar-refractivity contribution < 1.29 is 17.9 Å². The Balaban J connectivity index is 1.13. The maximum Gasteiger partial charge on any atom is 0.201 e. The average molecular weight is 619 g/mol. The van der Waals surface area contributed by atoms with Gasteiger partial charge >= 0.3 is 0 Å². The molecular formula is C41H53F3O. The van der Waals surface area contributed by atoms with Crippen LogP contribution in [0.25, 0.3) is 22.3 Å². The largest absolute Gasteiger partial charge is 0.490 e. The van der Waals surface area contributed by atoms with Gasteiger partial charge in [-0.1, -0.05) is 108 Å². The summed E-state index contributed by atoms with van der Waals surface area (Å²) in [4.78, 5) is 0. The molecule has 0 unspecified atom stereocenters. The van der Waals surface area contributed by atoms with Crippen LogP contribution in [0.4, 0.5) is 13.2 Å². The van der Waals surface area contributed by atoms with Gasteiger partial charge in [-0.25, -0.2) is 8.78 Å². The van der Waals surface area contributed by atoms with E-state index >= 15 is 4.39 Å². The SMILES string of the molecule is CCCCCCCC1CCC(C2CCC(c3ccc(-c4ccc(-c5ccc(OCCCC)c(F)c5F)cc4)cc3F)CC2)CC1. The zero-order valence-electron chi connectivity index (χ0n) is 27.6. The highest BCUT2D eigenvalue weighted by Crippen LogP contribution is 2.45. The summed E-state index contributed by atoms with van der Waals surface area (Å²) in [6, 6.07) is 15.9. The Bertz CT molecular complexity index is 1330. The molecule has 0 atom stereocenters. The van der Waals surface area contributed by atoms with Crippen molar-refractivity contribution >= 4 is 0 Å². The van der Waals surface area contributed by atoms with Crippen molar-refractivity contribution in [2.45, 2.75) is 122 Å². The van der Waals surface area contributed by atoms with Crippen LogP contribution in [0.5, 0.6) is 5.75 Å². The predicted molar refractivity (Wildman–Crippen MR) is 181 cm³/mol. The molecular weight excluding hydrogens is 565 g/mol. The van der Waals surface area contributed by atoms with Gasteiger partial charge in [0.2, 0.25) is 5.82 Å². The average Bonchev–Trinajstić information content (AvgIpc) is 3.07. The van der Waals surface area contributed by atoms with Gasteiger partial charge in [0.15, 0.2) is 11.6 Å². The van der Waals surface area contributed by atoms with Crippen LogP contribution in [0, 0.1) is 35.2 Å². The summed E-state index contributed by atoms with van der Waals surface area (Å²) in [7, 11) is 0. The summed E-state index contributed by atoms with van der Waals surface area (Å²) >= 11 is 0. The summed E-state index contributed by atoms with van der Waals surface area (Å²) in [5.41, 5.74) is 3.25. The van der Waals surface area contributed by atoms with E-state index in [1.165, 1.54) is 83.1 Å². The first-order valence-corrected chi connectivity index (χ1v) is 18.0. The molecule has 2 fully saturated rings. The van der Waals surface area contributed by atoms with Crippen molar-refractivity contribution in [1.82, 2.24) is 0 Å². The second kappa shape index (κ2) is 16.7. The lowest BCUT2D eigenvalue weighted by molar-refractivity contribution is 0.155. The Morgan fingerprint density at radius 3 is 1.89 bits per heavy atom. The minimum atomic E-state index is -0.963. The van der Waals surface area contributed by atoms with E-state index in [1.54, 1.807) is 24.3 Å². The predicted octanol–water partition coefficient (Wildman–Crippen LogP) is 13.1. The Kier molecular flexibility index (Phi) is 12.5. The molecule has 0 radical (unpaired) electrons. The summed E-state index contributed by atoms with van der Waals surface area (Å²) in [6.07, 6.45) is 20.3. The molecule has 3 aromatic rings. The van der Waals surface area contributed by atoms with Crippen LogP contribution in [0.2, 0.25) is 0 Å². The van der Waals surface area contributed by atoms with Crippen molar-refractivity contribution in [2.75, 3.05) is 6.61 Å². The first-order chi connectivity index (χ1) is 22.0. The van der Waals surface area contributed by atoms with Crippen LogP contribution < -0.4 is 4.74 Å². The van der Waals surface area contributed by atoms with Gasteiger partial charge in [-0.2, -0.15) is 4.39 Å². The van der Waals surface area contributed by atoms with Gasteiger partial charge in [0, 0.05) is 5.56 Å². The van der Waals surface area contributed by atoms with Gasteiger partial charge in [-0.05, 0) is 109 Å². The molecule has 0 bridgehead atoms. The first kappa shape index (κ1) is 33.6. The third kappa shape index (κ3) is 8.74. The summed E-state index contributed by atoms with van der Waals surface area (Å²) in [5.74, 6) is 0.869. The molecule has 2 aliphatic rings. The number of unbranched alkanes of at least 4 members (excludes halogenated alkanes) is 5. The highest BCUT2D eigenvalue weighted by atomic mass is 19.2. The summed E-state index contributed by atoms with van der Waals surface area (Å²) < 4.78 is 50.3. The molecule has 2 saturated carbocycles. The second-order valence-corrected chi connectivity index (χ2v) is 13.9.